The SMILES string of the molecule is CCC(C)C(NC(=O)C(CS)NC(=O)CN)C(=O)NC(CC(C)C)C(=O)O. The first-order valence-electron chi connectivity index (χ1n) is 9.01. The van der Waals surface area contributed by atoms with E-state index >= 15 is 0 Å². The van der Waals surface area contributed by atoms with Gasteiger partial charge in [0.1, 0.15) is 18.1 Å². The molecule has 0 spiro atoms. The summed E-state index contributed by atoms with van der Waals surface area (Å²) in [5.41, 5.74) is 5.23. The van der Waals surface area contributed by atoms with E-state index in [0.29, 0.717) is 6.42 Å². The lowest BCUT2D eigenvalue weighted by Gasteiger charge is -2.27. The predicted molar refractivity (Wildman–Crippen MR) is 105 cm³/mol. The Balaban J connectivity index is 5.25. The molecule has 27 heavy (non-hydrogen) atoms. The first-order valence-corrected chi connectivity index (χ1v) is 9.64. The third kappa shape index (κ3) is 9.09. The highest BCUT2D eigenvalue weighted by Crippen LogP contribution is 2.11. The molecule has 4 unspecified atom stereocenters. The van der Waals surface area contributed by atoms with Crippen LogP contribution in [0.1, 0.15) is 40.5 Å². The molecule has 0 aliphatic rings. The molecule has 0 aliphatic heterocycles. The van der Waals surface area contributed by atoms with Crippen molar-refractivity contribution in [2.75, 3.05) is 12.3 Å². The first-order chi connectivity index (χ1) is 12.6. The predicted octanol–water partition coefficient (Wildman–Crippen LogP) is -0.494. The smallest absolute Gasteiger partial charge is 0.326 e. The van der Waals surface area contributed by atoms with Gasteiger partial charge in [-0.15, -0.1) is 0 Å². The molecule has 9 nitrogen and oxygen atoms in total. The highest BCUT2D eigenvalue weighted by atomic mass is 32.1. The summed E-state index contributed by atoms with van der Waals surface area (Å²) in [6, 6.07) is -2.93. The number of rotatable bonds is 12. The van der Waals surface area contributed by atoms with Crippen LogP contribution < -0.4 is 21.7 Å². The summed E-state index contributed by atoms with van der Waals surface area (Å²) in [6.45, 7) is 7.06. The Bertz CT molecular complexity index is 529. The zero-order valence-corrected chi connectivity index (χ0v) is 17.2. The van der Waals surface area contributed by atoms with Gasteiger partial charge in [0, 0.05) is 5.75 Å². The largest absolute Gasteiger partial charge is 0.480 e. The molecule has 0 heterocycles. The second-order valence-corrected chi connectivity index (χ2v) is 7.27. The van der Waals surface area contributed by atoms with Gasteiger partial charge >= 0.3 is 5.97 Å². The summed E-state index contributed by atoms with van der Waals surface area (Å²) >= 11 is 4.04. The Labute approximate surface area is 165 Å². The number of hydrogen-bond acceptors (Lipinski definition) is 6. The van der Waals surface area contributed by atoms with Gasteiger partial charge in [0.25, 0.3) is 0 Å². The number of carbonyl (C=O) groups is 4. The van der Waals surface area contributed by atoms with Crippen molar-refractivity contribution in [1.82, 2.24) is 16.0 Å². The van der Waals surface area contributed by atoms with E-state index in [1.165, 1.54) is 0 Å². The Morgan fingerprint density at radius 1 is 1.00 bits per heavy atom. The van der Waals surface area contributed by atoms with Crippen LogP contribution in [-0.4, -0.2) is 59.2 Å². The standard InChI is InChI=1S/C17H32N4O5S/c1-5-10(4)14(16(24)20-11(17(25)26)6-9(2)3)21-15(23)12(8-27)19-13(22)7-18/h9-12,14,27H,5-8,18H2,1-4H3,(H,19,22)(H,20,24)(H,21,23)(H,25,26). The van der Waals surface area contributed by atoms with E-state index in [1.807, 2.05) is 20.8 Å². The number of thiol groups is 1. The second-order valence-electron chi connectivity index (χ2n) is 6.91. The molecule has 6 N–H and O–H groups in total. The zero-order chi connectivity index (χ0) is 21.1. The van der Waals surface area contributed by atoms with Crippen LogP contribution in [0, 0.1) is 11.8 Å². The van der Waals surface area contributed by atoms with Crippen LogP contribution in [0.5, 0.6) is 0 Å². The van der Waals surface area contributed by atoms with Gasteiger partial charge < -0.3 is 26.8 Å². The van der Waals surface area contributed by atoms with Crippen molar-refractivity contribution in [2.24, 2.45) is 17.6 Å². The molecule has 0 rings (SSSR count). The second kappa shape index (κ2) is 12.6. The fourth-order valence-electron chi connectivity index (χ4n) is 2.36. The Morgan fingerprint density at radius 2 is 1.59 bits per heavy atom. The molecule has 0 aromatic heterocycles. The number of nitrogens with two attached hydrogens (primary N) is 1. The summed E-state index contributed by atoms with van der Waals surface area (Å²) in [7, 11) is 0. The van der Waals surface area contributed by atoms with Crippen molar-refractivity contribution in [3.05, 3.63) is 0 Å². The minimum atomic E-state index is -1.13. The van der Waals surface area contributed by atoms with Crippen molar-refractivity contribution in [1.29, 1.82) is 0 Å². The van der Waals surface area contributed by atoms with Gasteiger partial charge in [-0.3, -0.25) is 14.4 Å². The van der Waals surface area contributed by atoms with E-state index < -0.39 is 41.8 Å². The van der Waals surface area contributed by atoms with Gasteiger partial charge in [-0.25, -0.2) is 4.79 Å². The van der Waals surface area contributed by atoms with Crippen molar-refractivity contribution in [2.45, 2.75) is 58.7 Å². The molecule has 156 valence electrons. The maximum absolute atomic E-state index is 12.6. The maximum Gasteiger partial charge on any atom is 0.326 e. The van der Waals surface area contributed by atoms with Gasteiger partial charge in [-0.05, 0) is 18.3 Å². The lowest BCUT2D eigenvalue weighted by molar-refractivity contribution is -0.143. The van der Waals surface area contributed by atoms with Gasteiger partial charge in [-0.1, -0.05) is 34.1 Å². The molecule has 0 aromatic rings. The summed E-state index contributed by atoms with van der Waals surface area (Å²) < 4.78 is 0. The van der Waals surface area contributed by atoms with Crippen molar-refractivity contribution >= 4 is 36.3 Å². The molecule has 10 heteroatoms. The van der Waals surface area contributed by atoms with Gasteiger partial charge in [0.15, 0.2) is 0 Å². The molecule has 0 aliphatic carbocycles. The molecule has 0 aromatic carbocycles. The number of carboxylic acid groups (broad SMARTS) is 1. The number of aliphatic carboxylic acids is 1. The van der Waals surface area contributed by atoms with Crippen LogP contribution in [0.15, 0.2) is 0 Å². The van der Waals surface area contributed by atoms with Crippen molar-refractivity contribution < 1.29 is 24.3 Å². The van der Waals surface area contributed by atoms with Gasteiger partial charge in [0.05, 0.1) is 6.54 Å². The van der Waals surface area contributed by atoms with Crippen molar-refractivity contribution in [3.8, 4) is 0 Å². The topological polar surface area (TPSA) is 151 Å². The van der Waals surface area contributed by atoms with Gasteiger partial charge in [0.2, 0.25) is 17.7 Å². The monoisotopic (exact) mass is 404 g/mol. The molecule has 4 atom stereocenters. The quantitative estimate of drug-likeness (QED) is 0.242. The van der Waals surface area contributed by atoms with E-state index in [4.69, 9.17) is 5.73 Å². The van der Waals surface area contributed by atoms with E-state index in [1.54, 1.807) is 6.92 Å². The molecular weight excluding hydrogens is 372 g/mol. The van der Waals surface area contributed by atoms with Gasteiger partial charge in [-0.2, -0.15) is 12.6 Å². The van der Waals surface area contributed by atoms with Crippen LogP contribution in [-0.2, 0) is 19.2 Å². The highest BCUT2D eigenvalue weighted by Gasteiger charge is 2.32. The van der Waals surface area contributed by atoms with E-state index in [0.717, 1.165) is 0 Å². The molecule has 0 fully saturated rings. The third-order valence-electron chi connectivity index (χ3n) is 4.13. The van der Waals surface area contributed by atoms with E-state index in [2.05, 4.69) is 28.6 Å². The summed E-state index contributed by atoms with van der Waals surface area (Å²) in [4.78, 5) is 47.9. The summed E-state index contributed by atoms with van der Waals surface area (Å²) in [5, 5.41) is 16.8. The normalized spacial score (nSPS) is 15.4. The molecule has 0 saturated carbocycles. The van der Waals surface area contributed by atoms with Crippen molar-refractivity contribution in [3.63, 3.8) is 0 Å². The number of carboxylic acids is 1. The molecular formula is C17H32N4O5S. The molecule has 0 bridgehead atoms. The maximum atomic E-state index is 12.6. The fourth-order valence-corrected chi connectivity index (χ4v) is 2.61. The average molecular weight is 405 g/mol. The van der Waals surface area contributed by atoms with E-state index in [9.17, 15) is 24.3 Å². The number of nitrogens with one attached hydrogen (secondary N) is 3. The summed E-state index contributed by atoms with van der Waals surface area (Å²) in [5.74, 6) is -2.95. The van der Waals surface area contributed by atoms with Crippen LogP contribution in [0.25, 0.3) is 0 Å². The molecule has 3 amide bonds. The Hall–Kier alpha value is -1.81. The number of carbonyl (C=O) groups excluding carboxylic acids is 3. The van der Waals surface area contributed by atoms with Crippen LogP contribution in [0.2, 0.25) is 0 Å². The first kappa shape index (κ1) is 25.2. The zero-order valence-electron chi connectivity index (χ0n) is 16.3. The Kier molecular flexibility index (Phi) is 11.7. The van der Waals surface area contributed by atoms with Crippen LogP contribution in [0.3, 0.4) is 0 Å². The Morgan fingerprint density at radius 3 is 2.00 bits per heavy atom. The number of hydrogen-bond donors (Lipinski definition) is 6. The minimum absolute atomic E-state index is 0.0253. The van der Waals surface area contributed by atoms with Crippen LogP contribution in [0.4, 0.5) is 0 Å². The number of amides is 3. The molecule has 0 radical (unpaired) electrons. The average Bonchev–Trinajstić information content (AvgIpc) is 2.61. The summed E-state index contributed by atoms with van der Waals surface area (Å²) in [6.07, 6.45) is 0.856. The van der Waals surface area contributed by atoms with Crippen LogP contribution >= 0.6 is 12.6 Å². The highest BCUT2D eigenvalue weighted by molar-refractivity contribution is 7.80. The lowest BCUT2D eigenvalue weighted by atomic mass is 9.96. The molecule has 0 saturated heterocycles. The third-order valence-corrected chi connectivity index (χ3v) is 4.50. The van der Waals surface area contributed by atoms with E-state index in [-0.39, 0.29) is 30.6 Å². The minimum Gasteiger partial charge on any atom is -0.480 e. The fraction of sp³-hybridized carbons (Fsp3) is 0.765. The lowest BCUT2D eigenvalue weighted by Crippen LogP contribution is -2.58.